The van der Waals surface area contributed by atoms with Crippen molar-refractivity contribution in [3.63, 3.8) is 0 Å². The summed E-state index contributed by atoms with van der Waals surface area (Å²) in [6.45, 7) is 0. The van der Waals surface area contributed by atoms with Crippen LogP contribution in [0.4, 0.5) is 4.39 Å². The van der Waals surface area contributed by atoms with Crippen LogP contribution in [0, 0.1) is 5.82 Å². The van der Waals surface area contributed by atoms with Gasteiger partial charge in [-0.3, -0.25) is 4.79 Å². The van der Waals surface area contributed by atoms with Gasteiger partial charge in [0.05, 0.1) is 16.5 Å². The molecule has 0 unspecified atom stereocenters. The molecule has 23 heavy (non-hydrogen) atoms. The fourth-order valence-corrected chi connectivity index (χ4v) is 2.85. The zero-order valence-corrected chi connectivity index (χ0v) is 13.3. The molecule has 3 rings (SSSR count). The lowest BCUT2D eigenvalue weighted by Gasteiger charge is -2.05. The van der Waals surface area contributed by atoms with Crippen molar-refractivity contribution < 1.29 is 9.18 Å². The molecular weight excluding hydrogens is 339 g/mol. The topological polar surface area (TPSA) is 60.7 Å². The Labute approximate surface area is 140 Å². The summed E-state index contributed by atoms with van der Waals surface area (Å²) >= 11 is 6.97. The molecule has 2 aromatic carbocycles. The summed E-state index contributed by atoms with van der Waals surface area (Å²) in [7, 11) is 0. The summed E-state index contributed by atoms with van der Waals surface area (Å²) in [4.78, 5) is 12.1. The van der Waals surface area contributed by atoms with E-state index >= 15 is 0 Å². The van der Waals surface area contributed by atoms with Crippen molar-refractivity contribution in [2.45, 2.75) is 5.16 Å². The molecule has 0 fully saturated rings. The maximum atomic E-state index is 13.2. The van der Waals surface area contributed by atoms with E-state index in [2.05, 4.69) is 15.5 Å². The van der Waals surface area contributed by atoms with E-state index < -0.39 is 5.82 Å². The Morgan fingerprint density at radius 3 is 2.74 bits per heavy atom. The van der Waals surface area contributed by atoms with Crippen molar-refractivity contribution in [1.29, 1.82) is 0 Å². The van der Waals surface area contributed by atoms with Crippen LogP contribution >= 0.6 is 23.4 Å². The van der Waals surface area contributed by atoms with Crippen molar-refractivity contribution >= 4 is 29.1 Å². The number of halogens is 2. The number of rotatable bonds is 5. The first-order valence-electron chi connectivity index (χ1n) is 6.60. The van der Waals surface area contributed by atoms with Gasteiger partial charge in [-0.2, -0.15) is 4.68 Å². The number of nitrogens with zero attached hydrogens (tertiary/aromatic N) is 4. The monoisotopic (exact) mass is 348 g/mol. The van der Waals surface area contributed by atoms with E-state index in [0.29, 0.717) is 16.4 Å². The first-order chi connectivity index (χ1) is 11.1. The number of hydrogen-bond acceptors (Lipinski definition) is 5. The SMILES string of the molecule is O=C(CSc1nnnn1-c1ccc(F)c(Cl)c1)c1ccccc1. The van der Waals surface area contributed by atoms with Crippen LogP contribution in [0.25, 0.3) is 5.69 Å². The molecule has 1 aromatic heterocycles. The number of carbonyl (C=O) groups is 1. The van der Waals surface area contributed by atoms with Crippen LogP contribution in [0.15, 0.2) is 53.7 Å². The van der Waals surface area contributed by atoms with Crippen LogP contribution in [0.5, 0.6) is 0 Å². The average molecular weight is 349 g/mol. The van der Waals surface area contributed by atoms with Gasteiger partial charge in [0.15, 0.2) is 5.78 Å². The molecule has 3 aromatic rings. The van der Waals surface area contributed by atoms with Gasteiger partial charge in [0.25, 0.3) is 0 Å². The van der Waals surface area contributed by atoms with Crippen LogP contribution in [0.2, 0.25) is 5.02 Å². The summed E-state index contributed by atoms with van der Waals surface area (Å²) < 4.78 is 14.7. The molecule has 0 N–H and O–H groups in total. The zero-order valence-electron chi connectivity index (χ0n) is 11.7. The van der Waals surface area contributed by atoms with E-state index in [4.69, 9.17) is 11.6 Å². The molecule has 0 saturated carbocycles. The van der Waals surface area contributed by atoms with Gasteiger partial charge >= 0.3 is 0 Å². The Hall–Kier alpha value is -2.25. The first-order valence-corrected chi connectivity index (χ1v) is 7.96. The molecule has 0 aliphatic heterocycles. The van der Waals surface area contributed by atoms with Gasteiger partial charge < -0.3 is 0 Å². The first kappa shape index (κ1) is 15.6. The molecule has 0 spiro atoms. The number of hydrogen-bond donors (Lipinski definition) is 0. The summed E-state index contributed by atoms with van der Waals surface area (Å²) in [5, 5.41) is 11.7. The minimum atomic E-state index is -0.517. The fourth-order valence-electron chi connectivity index (χ4n) is 1.89. The minimum absolute atomic E-state index is 0.0192. The third kappa shape index (κ3) is 3.57. The molecule has 1 heterocycles. The predicted molar refractivity (Wildman–Crippen MR) is 85.6 cm³/mol. The molecule has 0 radical (unpaired) electrons. The molecule has 0 aliphatic rings. The highest BCUT2D eigenvalue weighted by Gasteiger charge is 2.13. The lowest BCUT2D eigenvalue weighted by Crippen LogP contribution is -2.05. The molecule has 5 nitrogen and oxygen atoms in total. The van der Waals surface area contributed by atoms with Gasteiger partial charge in [-0.1, -0.05) is 53.7 Å². The second-order valence-electron chi connectivity index (χ2n) is 4.55. The van der Waals surface area contributed by atoms with E-state index in [0.717, 1.165) is 0 Å². The molecule has 8 heteroatoms. The second-order valence-corrected chi connectivity index (χ2v) is 5.90. The maximum absolute atomic E-state index is 13.2. The van der Waals surface area contributed by atoms with Gasteiger partial charge in [0, 0.05) is 5.56 Å². The summed E-state index contributed by atoms with van der Waals surface area (Å²) in [5.41, 5.74) is 1.15. The van der Waals surface area contributed by atoms with Crippen molar-refractivity contribution in [3.05, 3.63) is 64.9 Å². The summed E-state index contributed by atoms with van der Waals surface area (Å²) in [5.74, 6) is -0.349. The zero-order chi connectivity index (χ0) is 16.2. The molecular formula is C15H10ClFN4OS. The lowest BCUT2D eigenvalue weighted by atomic mass is 10.2. The van der Waals surface area contributed by atoms with Crippen molar-refractivity contribution in [1.82, 2.24) is 20.2 Å². The number of thioether (sulfide) groups is 1. The van der Waals surface area contributed by atoms with Gasteiger partial charge in [0.2, 0.25) is 5.16 Å². The molecule has 116 valence electrons. The van der Waals surface area contributed by atoms with Crippen LogP contribution in [0.1, 0.15) is 10.4 Å². The van der Waals surface area contributed by atoms with Gasteiger partial charge in [-0.05, 0) is 28.6 Å². The number of aromatic nitrogens is 4. The fraction of sp³-hybridized carbons (Fsp3) is 0.0667. The van der Waals surface area contributed by atoms with Gasteiger partial charge in [-0.15, -0.1) is 5.10 Å². The standard InChI is InChI=1S/C15H10ClFN4OS/c16-12-8-11(6-7-13(12)17)21-15(18-19-20-21)23-9-14(22)10-4-2-1-3-5-10/h1-8H,9H2. The molecule has 0 aliphatic carbocycles. The van der Waals surface area contributed by atoms with Crippen molar-refractivity contribution in [2.75, 3.05) is 5.75 Å². The lowest BCUT2D eigenvalue weighted by molar-refractivity contribution is 0.102. The Balaban J connectivity index is 1.76. The Morgan fingerprint density at radius 2 is 2.00 bits per heavy atom. The Morgan fingerprint density at radius 1 is 1.22 bits per heavy atom. The second kappa shape index (κ2) is 6.89. The molecule has 0 bridgehead atoms. The molecule has 0 amide bonds. The highest BCUT2D eigenvalue weighted by Crippen LogP contribution is 2.23. The average Bonchev–Trinajstić information content (AvgIpc) is 3.04. The normalized spacial score (nSPS) is 10.7. The quantitative estimate of drug-likeness (QED) is 0.522. The third-order valence-electron chi connectivity index (χ3n) is 3.02. The number of tetrazole rings is 1. The predicted octanol–water partition coefficient (Wildman–Crippen LogP) is 3.43. The molecule has 0 atom stereocenters. The number of ketones is 1. The molecule has 0 saturated heterocycles. The van der Waals surface area contributed by atoms with Gasteiger partial charge in [0.1, 0.15) is 5.82 Å². The number of benzene rings is 2. The minimum Gasteiger partial charge on any atom is -0.293 e. The summed E-state index contributed by atoms with van der Waals surface area (Å²) in [6, 6.07) is 13.2. The van der Waals surface area contributed by atoms with E-state index in [-0.39, 0.29) is 16.6 Å². The highest BCUT2D eigenvalue weighted by molar-refractivity contribution is 7.99. The Kier molecular flexibility index (Phi) is 4.68. The number of carbonyl (C=O) groups excluding carboxylic acids is 1. The van der Waals surface area contributed by atoms with Crippen LogP contribution < -0.4 is 0 Å². The van der Waals surface area contributed by atoms with E-state index in [9.17, 15) is 9.18 Å². The van der Waals surface area contributed by atoms with Crippen LogP contribution in [0.3, 0.4) is 0 Å². The highest BCUT2D eigenvalue weighted by atomic mass is 35.5. The maximum Gasteiger partial charge on any atom is 0.214 e. The van der Waals surface area contributed by atoms with E-state index in [1.54, 1.807) is 12.1 Å². The smallest absolute Gasteiger partial charge is 0.214 e. The third-order valence-corrected chi connectivity index (χ3v) is 4.23. The van der Waals surface area contributed by atoms with E-state index in [1.165, 1.54) is 34.6 Å². The number of Topliss-reactive ketones (excluding diaryl/α,β-unsaturated/α-hetero) is 1. The van der Waals surface area contributed by atoms with Crippen molar-refractivity contribution in [2.24, 2.45) is 0 Å². The largest absolute Gasteiger partial charge is 0.293 e. The van der Waals surface area contributed by atoms with Crippen LogP contribution in [-0.2, 0) is 0 Å². The Bertz CT molecular complexity index is 841. The van der Waals surface area contributed by atoms with Crippen molar-refractivity contribution in [3.8, 4) is 5.69 Å². The summed E-state index contributed by atoms with van der Waals surface area (Å²) in [6.07, 6.45) is 0. The van der Waals surface area contributed by atoms with Crippen LogP contribution in [-0.4, -0.2) is 31.7 Å². The van der Waals surface area contributed by atoms with Gasteiger partial charge in [-0.25, -0.2) is 4.39 Å². The van der Waals surface area contributed by atoms with E-state index in [1.807, 2.05) is 18.2 Å².